The van der Waals surface area contributed by atoms with Crippen molar-refractivity contribution in [2.24, 2.45) is 4.99 Å². The molecule has 2 aliphatic rings. The third-order valence-corrected chi connectivity index (χ3v) is 7.87. The summed E-state index contributed by atoms with van der Waals surface area (Å²) in [6.45, 7) is 4.38. The minimum absolute atomic E-state index is 0.0379. The summed E-state index contributed by atoms with van der Waals surface area (Å²) < 4.78 is 2.64. The normalized spacial score (nSPS) is 17.3. The molecule has 6 rings (SSSR count). The molecule has 168 valence electrons. The van der Waals surface area contributed by atoms with Crippen LogP contribution in [0.4, 0.5) is 0 Å². The average molecular weight is 463 g/mol. The molecule has 4 heteroatoms. The van der Waals surface area contributed by atoms with Crippen LogP contribution >= 0.6 is 11.3 Å². The van der Waals surface area contributed by atoms with E-state index < -0.39 is 0 Å². The zero-order valence-electron chi connectivity index (χ0n) is 19.4. The molecule has 1 aliphatic heterocycles. The lowest BCUT2D eigenvalue weighted by Crippen LogP contribution is -2.38. The van der Waals surface area contributed by atoms with Gasteiger partial charge in [-0.1, -0.05) is 104 Å². The first-order valence-corrected chi connectivity index (χ1v) is 12.7. The Bertz CT molecular complexity index is 1590. The maximum absolute atomic E-state index is 13.8. The second-order valence-electron chi connectivity index (χ2n) is 9.35. The third kappa shape index (κ3) is 3.50. The molecule has 3 aromatic carbocycles. The predicted molar refractivity (Wildman–Crippen MR) is 140 cm³/mol. The summed E-state index contributed by atoms with van der Waals surface area (Å²) in [7, 11) is 0. The molecule has 0 saturated carbocycles. The summed E-state index contributed by atoms with van der Waals surface area (Å²) in [6, 6.07) is 27.3. The number of fused-ring (bicyclic) bond motifs is 3. The molecular formula is C30H26N2OS. The Morgan fingerprint density at radius 2 is 1.68 bits per heavy atom. The van der Waals surface area contributed by atoms with Gasteiger partial charge in [-0.25, -0.2) is 4.99 Å². The van der Waals surface area contributed by atoms with Crippen molar-refractivity contribution in [1.82, 2.24) is 4.57 Å². The second kappa shape index (κ2) is 8.37. The zero-order valence-corrected chi connectivity index (χ0v) is 20.2. The summed E-state index contributed by atoms with van der Waals surface area (Å²) in [4.78, 5) is 19.6. The first kappa shape index (κ1) is 21.1. The van der Waals surface area contributed by atoms with Crippen molar-refractivity contribution in [3.05, 3.63) is 132 Å². The van der Waals surface area contributed by atoms with Crippen LogP contribution in [0, 0.1) is 0 Å². The van der Waals surface area contributed by atoms with Crippen molar-refractivity contribution >= 4 is 23.1 Å². The van der Waals surface area contributed by atoms with E-state index in [2.05, 4.69) is 86.6 Å². The fourth-order valence-electron chi connectivity index (χ4n) is 5.09. The molecule has 0 saturated heterocycles. The largest absolute Gasteiger partial charge is 0.272 e. The van der Waals surface area contributed by atoms with Crippen LogP contribution in [-0.4, -0.2) is 4.57 Å². The molecule has 34 heavy (non-hydrogen) atoms. The number of thiazole rings is 1. The van der Waals surface area contributed by atoms with Gasteiger partial charge in [-0.15, -0.1) is 0 Å². The number of rotatable bonds is 3. The number of benzene rings is 3. The van der Waals surface area contributed by atoms with Crippen LogP contribution < -0.4 is 14.9 Å². The van der Waals surface area contributed by atoms with Crippen LogP contribution in [0.15, 0.2) is 94.2 Å². The van der Waals surface area contributed by atoms with Gasteiger partial charge in [-0.05, 0) is 52.7 Å². The van der Waals surface area contributed by atoms with E-state index >= 15 is 0 Å². The molecule has 0 N–H and O–H groups in total. The molecule has 0 unspecified atom stereocenters. The molecule has 1 aliphatic carbocycles. The minimum Gasteiger partial charge on any atom is -0.272 e. The summed E-state index contributed by atoms with van der Waals surface area (Å²) >= 11 is 1.49. The molecule has 0 fully saturated rings. The number of aromatic nitrogens is 1. The highest BCUT2D eigenvalue weighted by Crippen LogP contribution is 2.41. The Kier molecular flexibility index (Phi) is 5.19. The summed E-state index contributed by atoms with van der Waals surface area (Å²) in [5.41, 5.74) is 8.34. The summed E-state index contributed by atoms with van der Waals surface area (Å²) in [5.74, 6) is 0.486. The van der Waals surface area contributed by atoms with E-state index in [1.807, 2.05) is 16.7 Å². The molecular weight excluding hydrogens is 436 g/mol. The number of nitrogens with zero attached hydrogens (tertiary/aromatic N) is 2. The van der Waals surface area contributed by atoms with Crippen molar-refractivity contribution in [3.63, 3.8) is 0 Å². The van der Waals surface area contributed by atoms with Crippen molar-refractivity contribution in [1.29, 1.82) is 0 Å². The molecule has 0 radical (unpaired) electrons. The number of hydrogen-bond acceptors (Lipinski definition) is 3. The smallest absolute Gasteiger partial charge is 0.271 e. The molecule has 3 nitrogen and oxygen atoms in total. The molecule has 0 amide bonds. The first-order valence-electron chi connectivity index (χ1n) is 11.9. The quantitative estimate of drug-likeness (QED) is 0.399. The van der Waals surface area contributed by atoms with Gasteiger partial charge in [-0.2, -0.15) is 0 Å². The lowest BCUT2D eigenvalue weighted by Gasteiger charge is -2.30. The highest BCUT2D eigenvalue weighted by molar-refractivity contribution is 7.07. The molecule has 2 heterocycles. The van der Waals surface area contributed by atoms with Gasteiger partial charge in [0.2, 0.25) is 0 Å². The minimum atomic E-state index is -0.119. The Morgan fingerprint density at radius 3 is 2.44 bits per heavy atom. The molecule has 1 atom stereocenters. The molecule has 4 aromatic rings. The number of allylic oxidation sites excluding steroid dienone is 1. The fraction of sp³-hybridized carbons (Fsp3) is 0.200. The van der Waals surface area contributed by atoms with Gasteiger partial charge in [0, 0.05) is 5.56 Å². The Balaban J connectivity index is 1.57. The average Bonchev–Trinajstić information content (AvgIpc) is 3.18. The van der Waals surface area contributed by atoms with Crippen molar-refractivity contribution < 1.29 is 0 Å². The van der Waals surface area contributed by atoms with Gasteiger partial charge in [0.25, 0.3) is 5.56 Å². The van der Waals surface area contributed by atoms with Crippen LogP contribution in [0.2, 0.25) is 0 Å². The maximum atomic E-state index is 13.8. The molecule has 1 aromatic heterocycles. The van der Waals surface area contributed by atoms with E-state index in [1.54, 1.807) is 0 Å². The van der Waals surface area contributed by atoms with Crippen molar-refractivity contribution in [3.8, 4) is 0 Å². The van der Waals surface area contributed by atoms with Gasteiger partial charge in [0.15, 0.2) is 4.80 Å². The highest BCUT2D eigenvalue weighted by Gasteiger charge is 2.32. The van der Waals surface area contributed by atoms with Gasteiger partial charge in [0.1, 0.15) is 0 Å². The highest BCUT2D eigenvalue weighted by atomic mass is 32.1. The lowest BCUT2D eigenvalue weighted by atomic mass is 9.83. The Labute approximate surface area is 203 Å². The third-order valence-electron chi connectivity index (χ3n) is 6.89. The Hall–Kier alpha value is -3.50. The monoisotopic (exact) mass is 462 g/mol. The predicted octanol–water partition coefficient (Wildman–Crippen LogP) is 5.44. The first-order chi connectivity index (χ1) is 16.6. The van der Waals surface area contributed by atoms with Crippen LogP contribution in [0.1, 0.15) is 60.0 Å². The van der Waals surface area contributed by atoms with E-state index in [0.29, 0.717) is 5.92 Å². The summed E-state index contributed by atoms with van der Waals surface area (Å²) in [5, 5.41) is 0. The van der Waals surface area contributed by atoms with E-state index in [-0.39, 0.29) is 11.6 Å². The van der Waals surface area contributed by atoms with Gasteiger partial charge >= 0.3 is 0 Å². The van der Waals surface area contributed by atoms with Crippen LogP contribution in [-0.2, 0) is 6.42 Å². The van der Waals surface area contributed by atoms with E-state index in [9.17, 15) is 4.79 Å². The zero-order chi connectivity index (χ0) is 23.2. The van der Waals surface area contributed by atoms with Crippen LogP contribution in [0.3, 0.4) is 0 Å². The molecule has 0 bridgehead atoms. The maximum Gasteiger partial charge on any atom is 0.271 e. The molecule has 0 spiro atoms. The topological polar surface area (TPSA) is 34.4 Å². The van der Waals surface area contributed by atoms with Crippen molar-refractivity contribution in [2.45, 2.75) is 38.6 Å². The van der Waals surface area contributed by atoms with Crippen molar-refractivity contribution in [2.75, 3.05) is 0 Å². The van der Waals surface area contributed by atoms with Crippen LogP contribution in [0.25, 0.3) is 11.8 Å². The van der Waals surface area contributed by atoms with Gasteiger partial charge in [-0.3, -0.25) is 9.36 Å². The van der Waals surface area contributed by atoms with E-state index in [0.717, 1.165) is 39.0 Å². The fourth-order valence-corrected chi connectivity index (χ4v) is 6.09. The van der Waals surface area contributed by atoms with Gasteiger partial charge < -0.3 is 0 Å². The number of aryl methyl sites for hydroxylation is 1. The number of hydrogen-bond donors (Lipinski definition) is 0. The summed E-state index contributed by atoms with van der Waals surface area (Å²) in [6.07, 6.45) is 3.89. The SMILES string of the molecule is CC(C)c1ccc(/C=c2/sc3n(c2=O)[C@H](c2ccccc2)C2=C(N=3)c3ccccc3CC2)cc1. The second-order valence-corrected chi connectivity index (χ2v) is 10.4. The van der Waals surface area contributed by atoms with E-state index in [4.69, 9.17) is 4.99 Å². The standard InChI is InChI=1S/C30H26N2OS/c1-19(2)21-14-12-20(13-15-21)18-26-29(33)32-28(23-9-4-3-5-10-23)25-17-16-22-8-6-7-11-24(22)27(25)31-30(32)34-26/h3-15,18-19,28H,16-17H2,1-2H3/b26-18+/t28-/m1/s1. The lowest BCUT2D eigenvalue weighted by molar-refractivity contribution is 0.585. The van der Waals surface area contributed by atoms with Gasteiger partial charge in [0.05, 0.1) is 16.3 Å². The van der Waals surface area contributed by atoms with Crippen LogP contribution in [0.5, 0.6) is 0 Å². The van der Waals surface area contributed by atoms with E-state index in [1.165, 1.54) is 33.6 Å². The Morgan fingerprint density at radius 1 is 0.941 bits per heavy atom.